The summed E-state index contributed by atoms with van der Waals surface area (Å²) in [5, 5.41) is 8.54. The first-order valence-electron chi connectivity index (χ1n) is 9.50. The van der Waals surface area contributed by atoms with Crippen molar-refractivity contribution in [3.05, 3.63) is 69.7 Å². The van der Waals surface area contributed by atoms with Crippen LogP contribution in [-0.4, -0.2) is 34.8 Å². The maximum absolute atomic E-state index is 12.9. The van der Waals surface area contributed by atoms with Gasteiger partial charge in [-0.05, 0) is 50.1 Å². The Balaban J connectivity index is 1.71. The quantitative estimate of drug-likeness (QED) is 0.676. The molecule has 1 aliphatic heterocycles. The molecular weight excluding hydrogens is 409 g/mol. The van der Waals surface area contributed by atoms with Gasteiger partial charge in [-0.3, -0.25) is 0 Å². The van der Waals surface area contributed by atoms with E-state index in [1.165, 1.54) is 0 Å². The zero-order valence-corrected chi connectivity index (χ0v) is 18.3. The minimum atomic E-state index is -0.350. The van der Waals surface area contributed by atoms with E-state index >= 15 is 0 Å². The molecule has 2 amide bonds. The zero-order chi connectivity index (χ0) is 21.0. The van der Waals surface area contributed by atoms with Gasteiger partial charge in [-0.25, -0.2) is 4.79 Å². The predicted molar refractivity (Wildman–Crippen MR) is 118 cm³/mol. The SMILES string of the molecule is CC(C)(C)NC(=O)N(Cc1ccccc1Cl)C[C@H]1CC(c2ccc(Cl)cc2)=NO1. The number of nitrogens with zero attached hydrogens (tertiary/aromatic N) is 2. The normalized spacial score (nSPS) is 16.2. The molecular formula is C22H25Cl2N3O2. The number of benzene rings is 2. The van der Waals surface area contributed by atoms with Gasteiger partial charge in [-0.15, -0.1) is 0 Å². The fourth-order valence-electron chi connectivity index (χ4n) is 3.04. The van der Waals surface area contributed by atoms with E-state index in [9.17, 15) is 4.79 Å². The summed E-state index contributed by atoms with van der Waals surface area (Å²) in [5.41, 5.74) is 2.35. The van der Waals surface area contributed by atoms with Crippen LogP contribution in [0, 0.1) is 0 Å². The molecule has 1 heterocycles. The number of carbonyl (C=O) groups is 1. The van der Waals surface area contributed by atoms with Gasteiger partial charge in [0, 0.05) is 28.5 Å². The summed E-state index contributed by atoms with van der Waals surface area (Å²) < 4.78 is 0. The molecule has 0 radical (unpaired) electrons. The summed E-state index contributed by atoms with van der Waals surface area (Å²) in [7, 11) is 0. The number of oxime groups is 1. The van der Waals surface area contributed by atoms with Crippen LogP contribution in [0.3, 0.4) is 0 Å². The lowest BCUT2D eigenvalue weighted by atomic mass is 10.0. The van der Waals surface area contributed by atoms with Crippen molar-refractivity contribution in [2.24, 2.45) is 5.16 Å². The summed E-state index contributed by atoms with van der Waals surface area (Å²) >= 11 is 12.3. The summed E-state index contributed by atoms with van der Waals surface area (Å²) in [4.78, 5) is 20.3. The van der Waals surface area contributed by atoms with Gasteiger partial charge in [0.2, 0.25) is 0 Å². The van der Waals surface area contributed by atoms with Crippen LogP contribution >= 0.6 is 23.2 Å². The number of urea groups is 1. The molecule has 0 fully saturated rings. The van der Waals surface area contributed by atoms with E-state index in [2.05, 4.69) is 10.5 Å². The van der Waals surface area contributed by atoms with Crippen LogP contribution in [0.4, 0.5) is 4.79 Å². The van der Waals surface area contributed by atoms with Crippen LogP contribution in [0.5, 0.6) is 0 Å². The molecule has 29 heavy (non-hydrogen) atoms. The third-order valence-corrected chi connectivity index (χ3v) is 5.04. The van der Waals surface area contributed by atoms with Crippen LogP contribution in [0.2, 0.25) is 10.0 Å². The average Bonchev–Trinajstić information content (AvgIpc) is 3.10. The number of hydrogen-bond acceptors (Lipinski definition) is 3. The first-order chi connectivity index (χ1) is 13.7. The van der Waals surface area contributed by atoms with Crippen LogP contribution in [-0.2, 0) is 11.4 Å². The monoisotopic (exact) mass is 433 g/mol. The zero-order valence-electron chi connectivity index (χ0n) is 16.8. The van der Waals surface area contributed by atoms with Gasteiger partial charge in [0.05, 0.1) is 12.3 Å². The highest BCUT2D eigenvalue weighted by Gasteiger charge is 2.28. The Morgan fingerprint density at radius 3 is 2.52 bits per heavy atom. The largest absolute Gasteiger partial charge is 0.390 e. The predicted octanol–water partition coefficient (Wildman–Crippen LogP) is 5.50. The number of hydrogen-bond donors (Lipinski definition) is 1. The van der Waals surface area contributed by atoms with Gasteiger partial charge in [-0.2, -0.15) is 0 Å². The van der Waals surface area contributed by atoms with Crippen LogP contribution < -0.4 is 5.32 Å². The minimum absolute atomic E-state index is 0.166. The highest BCUT2D eigenvalue weighted by molar-refractivity contribution is 6.31. The summed E-state index contributed by atoms with van der Waals surface area (Å²) in [5.74, 6) is 0. The first-order valence-corrected chi connectivity index (χ1v) is 10.3. The van der Waals surface area contributed by atoms with E-state index in [1.807, 2.05) is 69.3 Å². The third-order valence-electron chi connectivity index (χ3n) is 4.42. The van der Waals surface area contributed by atoms with Gasteiger partial charge in [0.25, 0.3) is 0 Å². The Morgan fingerprint density at radius 1 is 1.17 bits per heavy atom. The van der Waals surface area contributed by atoms with Crippen molar-refractivity contribution in [3.63, 3.8) is 0 Å². The Kier molecular flexibility index (Phi) is 6.70. The fourth-order valence-corrected chi connectivity index (χ4v) is 3.36. The molecule has 1 aliphatic rings. The fraction of sp³-hybridized carbons (Fsp3) is 0.364. The number of nitrogens with one attached hydrogen (secondary N) is 1. The van der Waals surface area contributed by atoms with Crippen molar-refractivity contribution in [3.8, 4) is 0 Å². The lowest BCUT2D eigenvalue weighted by Gasteiger charge is -2.30. The van der Waals surface area contributed by atoms with E-state index in [0.717, 1.165) is 16.8 Å². The Labute approximate surface area is 181 Å². The first kappa shape index (κ1) is 21.5. The standard InChI is InChI=1S/C22H25Cl2N3O2/c1-22(2,3)25-21(28)27(13-16-6-4-5-7-19(16)24)14-18-12-20(26-29-18)15-8-10-17(23)11-9-15/h4-11,18H,12-14H2,1-3H3,(H,25,28)/t18-/m1/s1. The van der Waals surface area contributed by atoms with Gasteiger partial charge in [0.1, 0.15) is 0 Å². The maximum Gasteiger partial charge on any atom is 0.318 e. The minimum Gasteiger partial charge on any atom is -0.390 e. The van der Waals surface area contributed by atoms with Gasteiger partial charge in [0.15, 0.2) is 6.10 Å². The van der Waals surface area contributed by atoms with Crippen LogP contribution in [0.15, 0.2) is 53.7 Å². The molecule has 0 aliphatic carbocycles. The van der Waals surface area contributed by atoms with Gasteiger partial charge >= 0.3 is 6.03 Å². The molecule has 3 rings (SSSR count). The number of rotatable bonds is 5. The lowest BCUT2D eigenvalue weighted by Crippen LogP contribution is -2.50. The number of amides is 2. The second-order valence-electron chi connectivity index (χ2n) is 8.13. The van der Waals surface area contributed by atoms with Crippen LogP contribution in [0.1, 0.15) is 38.3 Å². The van der Waals surface area contributed by atoms with E-state index in [-0.39, 0.29) is 17.7 Å². The second kappa shape index (κ2) is 9.06. The maximum atomic E-state index is 12.9. The average molecular weight is 434 g/mol. The Hall–Kier alpha value is -2.24. The van der Waals surface area contributed by atoms with E-state index < -0.39 is 0 Å². The van der Waals surface area contributed by atoms with Crippen molar-refractivity contribution in [1.82, 2.24) is 10.2 Å². The topological polar surface area (TPSA) is 53.9 Å². The molecule has 0 saturated carbocycles. The summed E-state index contributed by atoms with van der Waals surface area (Å²) in [6.45, 7) is 6.64. The second-order valence-corrected chi connectivity index (χ2v) is 8.97. The Morgan fingerprint density at radius 2 is 1.86 bits per heavy atom. The molecule has 1 N–H and O–H groups in total. The lowest BCUT2D eigenvalue weighted by molar-refractivity contribution is 0.0580. The summed E-state index contributed by atoms with van der Waals surface area (Å²) in [6, 6.07) is 14.9. The molecule has 2 aromatic rings. The van der Waals surface area contributed by atoms with Crippen molar-refractivity contribution in [2.75, 3.05) is 6.54 Å². The highest BCUT2D eigenvalue weighted by Crippen LogP contribution is 2.22. The van der Waals surface area contributed by atoms with Crippen molar-refractivity contribution < 1.29 is 9.63 Å². The Bertz CT molecular complexity index is 892. The number of halogens is 2. The molecule has 1 atom stereocenters. The van der Waals surface area contributed by atoms with E-state index in [4.69, 9.17) is 28.0 Å². The van der Waals surface area contributed by atoms with Gasteiger partial charge in [-0.1, -0.05) is 58.7 Å². The third kappa shape index (κ3) is 6.12. The highest BCUT2D eigenvalue weighted by atomic mass is 35.5. The molecule has 0 saturated heterocycles. The molecule has 5 nitrogen and oxygen atoms in total. The van der Waals surface area contributed by atoms with Crippen molar-refractivity contribution in [1.29, 1.82) is 0 Å². The molecule has 0 aromatic heterocycles. The molecule has 0 spiro atoms. The van der Waals surface area contributed by atoms with Crippen molar-refractivity contribution >= 4 is 34.9 Å². The molecule has 0 unspecified atom stereocenters. The van der Waals surface area contributed by atoms with Crippen molar-refractivity contribution in [2.45, 2.75) is 45.4 Å². The summed E-state index contributed by atoms with van der Waals surface area (Å²) in [6.07, 6.45) is 0.387. The smallest absolute Gasteiger partial charge is 0.318 e. The molecule has 2 aromatic carbocycles. The molecule has 7 heteroatoms. The molecule has 154 valence electrons. The van der Waals surface area contributed by atoms with E-state index in [1.54, 1.807) is 4.90 Å². The van der Waals surface area contributed by atoms with E-state index in [0.29, 0.717) is 29.6 Å². The molecule has 0 bridgehead atoms. The number of carbonyl (C=O) groups excluding carboxylic acids is 1. The van der Waals surface area contributed by atoms with Gasteiger partial charge < -0.3 is 15.1 Å². The van der Waals surface area contributed by atoms with Crippen LogP contribution in [0.25, 0.3) is 0 Å².